The van der Waals surface area contributed by atoms with Gasteiger partial charge in [-0.25, -0.2) is 0 Å². The van der Waals surface area contributed by atoms with Gasteiger partial charge in [-0.3, -0.25) is 4.90 Å². The SMILES string of the molecule is CC1CN(Cc2cccc(CNC3CC3)c2)CC(C)S1. The summed E-state index contributed by atoms with van der Waals surface area (Å²) in [6, 6.07) is 9.91. The normalized spacial score (nSPS) is 27.7. The van der Waals surface area contributed by atoms with E-state index in [1.807, 2.05) is 0 Å². The van der Waals surface area contributed by atoms with Gasteiger partial charge in [0.1, 0.15) is 0 Å². The number of thioether (sulfide) groups is 1. The summed E-state index contributed by atoms with van der Waals surface area (Å²) >= 11 is 2.13. The van der Waals surface area contributed by atoms with Gasteiger partial charge < -0.3 is 5.32 Å². The first-order chi connectivity index (χ1) is 9.69. The van der Waals surface area contributed by atoms with Gasteiger partial charge in [0, 0.05) is 42.7 Å². The number of hydrogen-bond donors (Lipinski definition) is 1. The molecule has 110 valence electrons. The van der Waals surface area contributed by atoms with Gasteiger partial charge in [-0.15, -0.1) is 0 Å². The first-order valence-electron chi connectivity index (χ1n) is 7.88. The summed E-state index contributed by atoms with van der Waals surface area (Å²) in [6.07, 6.45) is 2.72. The molecule has 3 heteroatoms. The summed E-state index contributed by atoms with van der Waals surface area (Å²) < 4.78 is 0. The lowest BCUT2D eigenvalue weighted by Gasteiger charge is -2.34. The van der Waals surface area contributed by atoms with Crippen LogP contribution in [0.15, 0.2) is 24.3 Å². The van der Waals surface area contributed by atoms with E-state index in [9.17, 15) is 0 Å². The van der Waals surface area contributed by atoms with Crippen LogP contribution >= 0.6 is 11.8 Å². The standard InChI is InChI=1S/C17H26N2S/c1-13-10-19(11-14(2)20-13)12-16-5-3-4-15(8-16)9-18-17-6-7-17/h3-5,8,13-14,17-18H,6-7,9-12H2,1-2H3. The van der Waals surface area contributed by atoms with Crippen LogP contribution in [0.5, 0.6) is 0 Å². The zero-order chi connectivity index (χ0) is 13.9. The van der Waals surface area contributed by atoms with Gasteiger partial charge >= 0.3 is 0 Å². The summed E-state index contributed by atoms with van der Waals surface area (Å²) in [7, 11) is 0. The van der Waals surface area contributed by atoms with Gasteiger partial charge in [0.25, 0.3) is 0 Å². The van der Waals surface area contributed by atoms with Crippen LogP contribution in [0.3, 0.4) is 0 Å². The summed E-state index contributed by atoms with van der Waals surface area (Å²) in [4.78, 5) is 2.61. The summed E-state index contributed by atoms with van der Waals surface area (Å²) in [6.45, 7) is 9.28. The molecule has 2 nitrogen and oxygen atoms in total. The fourth-order valence-electron chi connectivity index (χ4n) is 3.06. The average molecular weight is 290 g/mol. The molecule has 0 bridgehead atoms. The molecule has 2 aliphatic rings. The van der Waals surface area contributed by atoms with E-state index in [1.165, 1.54) is 37.1 Å². The number of nitrogens with one attached hydrogen (secondary N) is 1. The highest BCUT2D eigenvalue weighted by molar-refractivity contribution is 8.00. The Hall–Kier alpha value is -0.510. The smallest absolute Gasteiger partial charge is 0.0234 e. The van der Waals surface area contributed by atoms with Gasteiger partial charge in [-0.1, -0.05) is 38.1 Å². The van der Waals surface area contributed by atoms with Crippen molar-refractivity contribution in [2.75, 3.05) is 13.1 Å². The zero-order valence-electron chi connectivity index (χ0n) is 12.6. The van der Waals surface area contributed by atoms with E-state index in [-0.39, 0.29) is 0 Å². The van der Waals surface area contributed by atoms with Crippen molar-refractivity contribution in [3.8, 4) is 0 Å². The van der Waals surface area contributed by atoms with E-state index in [0.29, 0.717) is 0 Å². The van der Waals surface area contributed by atoms with Crippen LogP contribution in [0.4, 0.5) is 0 Å². The molecule has 2 unspecified atom stereocenters. The van der Waals surface area contributed by atoms with Crippen LogP contribution < -0.4 is 5.32 Å². The van der Waals surface area contributed by atoms with E-state index in [0.717, 1.165) is 29.6 Å². The van der Waals surface area contributed by atoms with E-state index in [2.05, 4.69) is 60.1 Å². The van der Waals surface area contributed by atoms with Crippen molar-refractivity contribution in [1.82, 2.24) is 10.2 Å². The lowest BCUT2D eigenvalue weighted by molar-refractivity contribution is 0.263. The van der Waals surface area contributed by atoms with Crippen molar-refractivity contribution >= 4 is 11.8 Å². The zero-order valence-corrected chi connectivity index (χ0v) is 13.5. The van der Waals surface area contributed by atoms with Gasteiger partial charge in [0.15, 0.2) is 0 Å². The molecule has 1 aliphatic heterocycles. The second-order valence-electron chi connectivity index (χ2n) is 6.43. The van der Waals surface area contributed by atoms with Gasteiger partial charge in [-0.2, -0.15) is 11.8 Å². The van der Waals surface area contributed by atoms with Crippen molar-refractivity contribution in [3.63, 3.8) is 0 Å². The van der Waals surface area contributed by atoms with Crippen LogP contribution in [0.1, 0.15) is 37.8 Å². The molecule has 2 fully saturated rings. The largest absolute Gasteiger partial charge is 0.310 e. The third-order valence-corrected chi connectivity index (χ3v) is 5.29. The summed E-state index contributed by atoms with van der Waals surface area (Å²) in [5, 5.41) is 5.13. The van der Waals surface area contributed by atoms with Crippen LogP contribution in [0.25, 0.3) is 0 Å². The van der Waals surface area contributed by atoms with E-state index in [4.69, 9.17) is 0 Å². The highest BCUT2D eigenvalue weighted by Gasteiger charge is 2.22. The number of benzene rings is 1. The average Bonchev–Trinajstić information content (AvgIpc) is 3.19. The second kappa shape index (κ2) is 6.50. The van der Waals surface area contributed by atoms with Crippen LogP contribution in [0.2, 0.25) is 0 Å². The lowest BCUT2D eigenvalue weighted by atomic mass is 10.1. The van der Waals surface area contributed by atoms with E-state index < -0.39 is 0 Å². The Morgan fingerprint density at radius 1 is 1.15 bits per heavy atom. The molecule has 0 aromatic heterocycles. The molecule has 1 saturated heterocycles. The Kier molecular flexibility index (Phi) is 4.69. The minimum absolute atomic E-state index is 0.762. The van der Waals surface area contributed by atoms with Crippen molar-refractivity contribution in [3.05, 3.63) is 35.4 Å². The highest BCUT2D eigenvalue weighted by Crippen LogP contribution is 2.26. The molecule has 0 amide bonds. The quantitative estimate of drug-likeness (QED) is 0.896. The number of nitrogens with zero attached hydrogens (tertiary/aromatic N) is 1. The van der Waals surface area contributed by atoms with Crippen molar-refractivity contribution in [2.24, 2.45) is 0 Å². The first kappa shape index (κ1) is 14.4. The van der Waals surface area contributed by atoms with Gasteiger partial charge in [-0.05, 0) is 24.0 Å². The Morgan fingerprint density at radius 3 is 2.55 bits per heavy atom. The molecule has 2 atom stereocenters. The molecule has 3 rings (SSSR count). The molecule has 1 aromatic carbocycles. The Bertz CT molecular complexity index is 434. The maximum atomic E-state index is 3.60. The van der Waals surface area contributed by atoms with E-state index in [1.54, 1.807) is 0 Å². The van der Waals surface area contributed by atoms with E-state index >= 15 is 0 Å². The molecule has 1 saturated carbocycles. The maximum Gasteiger partial charge on any atom is 0.0234 e. The van der Waals surface area contributed by atoms with Gasteiger partial charge in [0.2, 0.25) is 0 Å². The topological polar surface area (TPSA) is 15.3 Å². The van der Waals surface area contributed by atoms with Crippen molar-refractivity contribution < 1.29 is 0 Å². The minimum Gasteiger partial charge on any atom is -0.310 e. The molecule has 1 aliphatic carbocycles. The maximum absolute atomic E-state index is 3.60. The predicted molar refractivity (Wildman–Crippen MR) is 88.1 cm³/mol. The Morgan fingerprint density at radius 2 is 1.85 bits per heavy atom. The number of rotatable bonds is 5. The molecule has 1 aromatic rings. The minimum atomic E-state index is 0.762. The molecular weight excluding hydrogens is 264 g/mol. The first-order valence-corrected chi connectivity index (χ1v) is 8.82. The Labute approximate surface area is 127 Å². The lowest BCUT2D eigenvalue weighted by Crippen LogP contribution is -2.39. The molecule has 0 spiro atoms. The third-order valence-electron chi connectivity index (χ3n) is 4.07. The van der Waals surface area contributed by atoms with Crippen LogP contribution in [-0.4, -0.2) is 34.5 Å². The molecule has 1 heterocycles. The molecule has 1 N–H and O–H groups in total. The van der Waals surface area contributed by atoms with Crippen molar-refractivity contribution in [1.29, 1.82) is 0 Å². The fourth-order valence-corrected chi connectivity index (χ4v) is 4.45. The molecular formula is C17H26N2S. The highest BCUT2D eigenvalue weighted by atomic mass is 32.2. The molecule has 20 heavy (non-hydrogen) atoms. The van der Waals surface area contributed by atoms with Crippen LogP contribution in [0, 0.1) is 0 Å². The summed E-state index contributed by atoms with van der Waals surface area (Å²) in [5.41, 5.74) is 2.90. The predicted octanol–water partition coefficient (Wildman–Crippen LogP) is 3.26. The van der Waals surface area contributed by atoms with Gasteiger partial charge in [0.05, 0.1) is 0 Å². The number of hydrogen-bond acceptors (Lipinski definition) is 3. The Balaban J connectivity index is 1.57. The van der Waals surface area contributed by atoms with Crippen molar-refractivity contribution in [2.45, 2.75) is 56.3 Å². The monoisotopic (exact) mass is 290 g/mol. The summed E-state index contributed by atoms with van der Waals surface area (Å²) in [5.74, 6) is 0. The molecule has 0 radical (unpaired) electrons. The van der Waals surface area contributed by atoms with Crippen LogP contribution in [-0.2, 0) is 13.1 Å². The second-order valence-corrected chi connectivity index (χ2v) is 8.31. The third kappa shape index (κ3) is 4.24. The fraction of sp³-hybridized carbons (Fsp3) is 0.647.